The second-order valence-corrected chi connectivity index (χ2v) is 9.54. The van der Waals surface area contributed by atoms with Gasteiger partial charge in [0.05, 0.1) is 6.10 Å². The van der Waals surface area contributed by atoms with Crippen LogP contribution < -0.4 is 0 Å². The van der Waals surface area contributed by atoms with Crippen molar-refractivity contribution in [1.29, 1.82) is 0 Å². The van der Waals surface area contributed by atoms with Gasteiger partial charge in [0.2, 0.25) is 0 Å². The zero-order chi connectivity index (χ0) is 17.3. The lowest BCUT2D eigenvalue weighted by Gasteiger charge is -2.59. The number of carbonyl (C=O) groups excluding carboxylic acids is 1. The number of carbonyl (C=O) groups is 1. The minimum atomic E-state index is -0.708. The van der Waals surface area contributed by atoms with Gasteiger partial charge in [-0.1, -0.05) is 25.5 Å². The fourth-order valence-corrected chi connectivity index (χ4v) is 7.42. The van der Waals surface area contributed by atoms with Gasteiger partial charge in [0.25, 0.3) is 0 Å². The second-order valence-electron chi connectivity index (χ2n) is 9.54. The van der Waals surface area contributed by atoms with E-state index in [1.807, 2.05) is 0 Å². The zero-order valence-corrected chi connectivity index (χ0v) is 15.2. The van der Waals surface area contributed by atoms with Crippen LogP contribution in [-0.4, -0.2) is 23.2 Å². The predicted molar refractivity (Wildman–Crippen MR) is 92.2 cm³/mol. The van der Waals surface area contributed by atoms with Crippen LogP contribution in [0.2, 0.25) is 0 Å². The van der Waals surface area contributed by atoms with E-state index in [2.05, 4.69) is 19.9 Å². The molecule has 3 heteroatoms. The van der Waals surface area contributed by atoms with Gasteiger partial charge in [-0.15, -0.1) is 0 Å². The van der Waals surface area contributed by atoms with Crippen LogP contribution in [0.5, 0.6) is 0 Å². The number of hydrogen-bond acceptors (Lipinski definition) is 2. The largest absolute Gasteiger partial charge is 0.393 e. The van der Waals surface area contributed by atoms with Crippen molar-refractivity contribution in [2.24, 2.45) is 34.5 Å². The summed E-state index contributed by atoms with van der Waals surface area (Å²) in [6.45, 7) is 6.24. The number of aliphatic hydroxyl groups excluding tert-OH is 1. The van der Waals surface area contributed by atoms with E-state index < -0.39 is 6.17 Å². The van der Waals surface area contributed by atoms with Gasteiger partial charge in [-0.25, -0.2) is 4.39 Å². The van der Waals surface area contributed by atoms with Crippen molar-refractivity contribution < 1.29 is 14.3 Å². The molecule has 3 fully saturated rings. The minimum Gasteiger partial charge on any atom is -0.393 e. The first-order valence-electron chi connectivity index (χ1n) is 9.79. The average molecular weight is 334 g/mol. The fourth-order valence-electron chi connectivity index (χ4n) is 7.42. The molecule has 0 radical (unpaired) electrons. The maximum absolute atomic E-state index is 13.9. The van der Waals surface area contributed by atoms with E-state index in [9.17, 15) is 14.3 Å². The minimum absolute atomic E-state index is 0.0411. The van der Waals surface area contributed by atoms with Gasteiger partial charge in [-0.2, -0.15) is 0 Å². The normalized spacial score (nSPS) is 53.6. The first-order valence-corrected chi connectivity index (χ1v) is 9.79. The van der Waals surface area contributed by atoms with Crippen molar-refractivity contribution in [2.75, 3.05) is 0 Å². The summed E-state index contributed by atoms with van der Waals surface area (Å²) >= 11 is 0. The first kappa shape index (κ1) is 16.8. The average Bonchev–Trinajstić information content (AvgIpc) is 2.84. The van der Waals surface area contributed by atoms with Crippen molar-refractivity contribution in [3.05, 3.63) is 11.6 Å². The third-order valence-corrected chi connectivity index (χ3v) is 8.47. The molecule has 0 heterocycles. The summed E-state index contributed by atoms with van der Waals surface area (Å²) in [5.74, 6) is 1.62. The van der Waals surface area contributed by atoms with Gasteiger partial charge >= 0.3 is 0 Å². The van der Waals surface area contributed by atoms with Crippen LogP contribution >= 0.6 is 0 Å². The highest BCUT2D eigenvalue weighted by molar-refractivity contribution is 5.79. The van der Waals surface area contributed by atoms with E-state index in [1.54, 1.807) is 6.92 Å². The summed E-state index contributed by atoms with van der Waals surface area (Å²) in [7, 11) is 0. The number of hydrogen-bond donors (Lipinski definition) is 1. The number of ketones is 1. The summed E-state index contributed by atoms with van der Waals surface area (Å²) in [5.41, 5.74) is 1.16. The molecular formula is C21H31FO2. The molecule has 0 bridgehead atoms. The third kappa shape index (κ3) is 2.12. The summed E-state index contributed by atoms with van der Waals surface area (Å²) in [6, 6.07) is 0. The quantitative estimate of drug-likeness (QED) is 0.719. The maximum atomic E-state index is 13.9. The molecular weight excluding hydrogens is 303 g/mol. The molecule has 0 aromatic heterocycles. The molecule has 0 aromatic rings. The summed E-state index contributed by atoms with van der Waals surface area (Å²) in [4.78, 5) is 12.2. The van der Waals surface area contributed by atoms with E-state index in [0.29, 0.717) is 30.5 Å². The topological polar surface area (TPSA) is 37.3 Å². The van der Waals surface area contributed by atoms with E-state index in [1.165, 1.54) is 5.57 Å². The Balaban J connectivity index is 1.71. The Labute approximate surface area is 144 Å². The second kappa shape index (κ2) is 5.40. The molecule has 0 aliphatic heterocycles. The molecule has 24 heavy (non-hydrogen) atoms. The smallest absolute Gasteiger partial charge is 0.133 e. The number of Topliss-reactive ketones (excluding diaryl/α,β-unsaturated/α-hetero) is 1. The van der Waals surface area contributed by atoms with E-state index >= 15 is 0 Å². The molecule has 8 atom stereocenters. The molecule has 1 N–H and O–H groups in total. The molecule has 0 amide bonds. The summed E-state index contributed by atoms with van der Waals surface area (Å²) in [6.07, 6.45) is 7.07. The summed E-state index contributed by atoms with van der Waals surface area (Å²) in [5, 5.41) is 11.2. The monoisotopic (exact) mass is 334 g/mol. The Morgan fingerprint density at radius 1 is 1.29 bits per heavy atom. The molecule has 2 nitrogen and oxygen atoms in total. The van der Waals surface area contributed by atoms with Crippen LogP contribution in [0, 0.1) is 34.5 Å². The van der Waals surface area contributed by atoms with Gasteiger partial charge in [0.15, 0.2) is 0 Å². The van der Waals surface area contributed by atoms with Gasteiger partial charge in [0, 0.05) is 12.3 Å². The van der Waals surface area contributed by atoms with Crippen molar-refractivity contribution in [3.8, 4) is 0 Å². The SMILES string of the molecule is CC(=O)C1CCC2C3CC=C4CC(F)CCC4(C)C3C(O)CC12C. The van der Waals surface area contributed by atoms with Crippen molar-refractivity contribution in [2.45, 2.75) is 78.0 Å². The number of allylic oxidation sites excluding steroid dienone is 2. The number of alkyl halides is 1. The van der Waals surface area contributed by atoms with E-state index in [4.69, 9.17) is 0 Å². The molecule has 4 rings (SSSR count). The number of halogens is 1. The maximum Gasteiger partial charge on any atom is 0.133 e. The Hall–Kier alpha value is -0.700. The lowest BCUT2D eigenvalue weighted by Crippen LogP contribution is -2.56. The van der Waals surface area contributed by atoms with E-state index in [0.717, 1.165) is 32.1 Å². The highest BCUT2D eigenvalue weighted by atomic mass is 19.1. The Bertz CT molecular complexity index is 584. The number of rotatable bonds is 1. The highest BCUT2D eigenvalue weighted by Crippen LogP contribution is 2.66. The van der Waals surface area contributed by atoms with Gasteiger partial charge in [-0.3, -0.25) is 4.79 Å². The number of fused-ring (bicyclic) bond motifs is 5. The zero-order valence-electron chi connectivity index (χ0n) is 15.2. The van der Waals surface area contributed by atoms with Crippen LogP contribution in [0.15, 0.2) is 11.6 Å². The Kier molecular flexibility index (Phi) is 3.77. The molecule has 0 saturated heterocycles. The van der Waals surface area contributed by atoms with Crippen LogP contribution in [0.3, 0.4) is 0 Å². The van der Waals surface area contributed by atoms with Crippen molar-refractivity contribution in [1.82, 2.24) is 0 Å². The molecule has 8 unspecified atom stereocenters. The van der Waals surface area contributed by atoms with Crippen molar-refractivity contribution in [3.63, 3.8) is 0 Å². The highest BCUT2D eigenvalue weighted by Gasteiger charge is 2.62. The van der Waals surface area contributed by atoms with Crippen LogP contribution in [-0.2, 0) is 4.79 Å². The molecule has 4 aliphatic rings. The summed E-state index contributed by atoms with van der Waals surface area (Å²) < 4.78 is 13.9. The van der Waals surface area contributed by atoms with Crippen LogP contribution in [0.1, 0.15) is 65.7 Å². The van der Waals surface area contributed by atoms with Gasteiger partial charge in [-0.05, 0) is 74.0 Å². The van der Waals surface area contributed by atoms with Crippen LogP contribution in [0.25, 0.3) is 0 Å². The fraction of sp³-hybridized carbons (Fsp3) is 0.857. The predicted octanol–water partition coefficient (Wildman–Crippen LogP) is 4.46. The Morgan fingerprint density at radius 3 is 2.75 bits per heavy atom. The Morgan fingerprint density at radius 2 is 2.04 bits per heavy atom. The molecule has 0 aromatic carbocycles. The lowest BCUT2D eigenvalue weighted by atomic mass is 9.46. The van der Waals surface area contributed by atoms with Crippen LogP contribution in [0.4, 0.5) is 4.39 Å². The third-order valence-electron chi connectivity index (χ3n) is 8.47. The standard InChI is InChI=1S/C21H31FO2/c1-12(23)16-6-7-17-15-5-4-13-10-14(22)8-9-20(13,2)19(15)18(24)11-21(16,17)3/h4,14-19,24H,5-11H2,1-3H3. The molecule has 134 valence electrons. The van der Waals surface area contributed by atoms with Crippen molar-refractivity contribution >= 4 is 5.78 Å². The van der Waals surface area contributed by atoms with Gasteiger partial charge in [0.1, 0.15) is 12.0 Å². The first-order chi connectivity index (χ1) is 11.3. The van der Waals surface area contributed by atoms with E-state index in [-0.39, 0.29) is 28.8 Å². The molecule has 4 aliphatic carbocycles. The lowest BCUT2D eigenvalue weighted by molar-refractivity contribution is -0.139. The molecule has 0 spiro atoms. The number of aliphatic hydroxyl groups is 1. The molecule has 3 saturated carbocycles. The van der Waals surface area contributed by atoms with Gasteiger partial charge < -0.3 is 5.11 Å².